The molecule has 2 rings (SSSR count). The minimum atomic E-state index is -0.637. The fourth-order valence-corrected chi connectivity index (χ4v) is 2.17. The van der Waals surface area contributed by atoms with Gasteiger partial charge in [-0.25, -0.2) is 4.39 Å². The van der Waals surface area contributed by atoms with E-state index in [1.807, 2.05) is 30.1 Å². The number of nitrogens with two attached hydrogens (primary N) is 1. The van der Waals surface area contributed by atoms with E-state index in [2.05, 4.69) is 0 Å². The van der Waals surface area contributed by atoms with Crippen molar-refractivity contribution in [1.29, 1.82) is 0 Å². The lowest BCUT2D eigenvalue weighted by atomic mass is 10.1. The monoisotopic (exact) mass is 274 g/mol. The molecule has 3 nitrogen and oxygen atoms in total. The molecule has 2 aromatic carbocycles. The van der Waals surface area contributed by atoms with Gasteiger partial charge < -0.3 is 10.8 Å². The number of hydrogen-bond acceptors (Lipinski definition) is 3. The zero-order valence-corrected chi connectivity index (χ0v) is 11.5. The summed E-state index contributed by atoms with van der Waals surface area (Å²) in [5.74, 6) is -0.242. The largest absolute Gasteiger partial charge is 0.398 e. The normalized spacial score (nSPS) is 12.6. The summed E-state index contributed by atoms with van der Waals surface area (Å²) >= 11 is 0. The molecule has 0 fully saturated rings. The number of nitrogen functional groups attached to an aromatic ring is 1. The number of aliphatic hydroxyl groups is 1. The number of hydrogen-bond donors (Lipinski definition) is 2. The third kappa shape index (κ3) is 3.79. The van der Waals surface area contributed by atoms with Crippen molar-refractivity contribution in [2.45, 2.75) is 12.6 Å². The van der Waals surface area contributed by atoms with Crippen molar-refractivity contribution < 1.29 is 9.50 Å². The highest BCUT2D eigenvalue weighted by atomic mass is 19.1. The second-order valence-electron chi connectivity index (χ2n) is 4.97. The summed E-state index contributed by atoms with van der Waals surface area (Å²) in [4.78, 5) is 1.98. The molecule has 106 valence electrons. The molecule has 0 aromatic heterocycles. The van der Waals surface area contributed by atoms with E-state index < -0.39 is 6.10 Å². The van der Waals surface area contributed by atoms with Crippen LogP contribution in [0.25, 0.3) is 0 Å². The van der Waals surface area contributed by atoms with Gasteiger partial charge in [-0.1, -0.05) is 30.3 Å². The SMILES string of the molecule is CN(Cc1ccc(F)cc1)CC(O)c1ccccc1N. The van der Waals surface area contributed by atoms with Gasteiger partial charge in [-0.15, -0.1) is 0 Å². The van der Waals surface area contributed by atoms with Gasteiger partial charge in [0.1, 0.15) is 5.82 Å². The molecule has 0 aliphatic rings. The van der Waals surface area contributed by atoms with Gasteiger partial charge >= 0.3 is 0 Å². The fourth-order valence-electron chi connectivity index (χ4n) is 2.17. The highest BCUT2D eigenvalue weighted by Crippen LogP contribution is 2.21. The van der Waals surface area contributed by atoms with Gasteiger partial charge in [-0.3, -0.25) is 4.90 Å². The van der Waals surface area contributed by atoms with E-state index in [1.54, 1.807) is 18.2 Å². The second-order valence-corrected chi connectivity index (χ2v) is 4.97. The van der Waals surface area contributed by atoms with E-state index in [4.69, 9.17) is 5.73 Å². The summed E-state index contributed by atoms with van der Waals surface area (Å²) in [7, 11) is 1.91. The lowest BCUT2D eigenvalue weighted by molar-refractivity contribution is 0.124. The third-order valence-corrected chi connectivity index (χ3v) is 3.21. The maximum absolute atomic E-state index is 12.8. The van der Waals surface area contributed by atoms with Gasteiger partial charge in [-0.05, 0) is 30.8 Å². The van der Waals surface area contributed by atoms with Gasteiger partial charge in [-0.2, -0.15) is 0 Å². The van der Waals surface area contributed by atoms with Crippen LogP contribution in [0.5, 0.6) is 0 Å². The molecule has 3 N–H and O–H groups in total. The molecule has 0 amide bonds. The minimum absolute atomic E-state index is 0.242. The molecule has 0 bridgehead atoms. The summed E-state index contributed by atoms with van der Waals surface area (Å²) < 4.78 is 12.8. The summed E-state index contributed by atoms with van der Waals surface area (Å²) in [6.45, 7) is 1.11. The number of halogens is 1. The number of anilines is 1. The Labute approximate surface area is 118 Å². The second kappa shape index (κ2) is 6.50. The summed E-state index contributed by atoms with van der Waals surface area (Å²) in [5, 5.41) is 10.2. The molecule has 2 aromatic rings. The number of benzene rings is 2. The van der Waals surface area contributed by atoms with E-state index in [-0.39, 0.29) is 5.82 Å². The van der Waals surface area contributed by atoms with Crippen molar-refractivity contribution in [3.05, 3.63) is 65.5 Å². The molecule has 0 saturated carbocycles. The van der Waals surface area contributed by atoms with E-state index in [0.717, 1.165) is 11.1 Å². The highest BCUT2D eigenvalue weighted by molar-refractivity contribution is 5.47. The van der Waals surface area contributed by atoms with Gasteiger partial charge in [0, 0.05) is 24.3 Å². The number of nitrogens with zero attached hydrogens (tertiary/aromatic N) is 1. The Kier molecular flexibility index (Phi) is 4.71. The van der Waals surface area contributed by atoms with Gasteiger partial charge in [0.25, 0.3) is 0 Å². The number of rotatable bonds is 5. The average molecular weight is 274 g/mol. The standard InChI is InChI=1S/C16H19FN2O/c1-19(10-12-6-8-13(17)9-7-12)11-16(20)14-4-2-3-5-15(14)18/h2-9,16,20H,10-11,18H2,1H3. The van der Waals surface area contributed by atoms with Crippen LogP contribution >= 0.6 is 0 Å². The molecular weight excluding hydrogens is 255 g/mol. The van der Waals surface area contributed by atoms with Crippen molar-refractivity contribution >= 4 is 5.69 Å². The summed E-state index contributed by atoms with van der Waals surface area (Å²) in [6.07, 6.45) is -0.637. The zero-order chi connectivity index (χ0) is 14.5. The smallest absolute Gasteiger partial charge is 0.123 e. The quantitative estimate of drug-likeness (QED) is 0.824. The van der Waals surface area contributed by atoms with Crippen molar-refractivity contribution in [1.82, 2.24) is 4.90 Å². The Morgan fingerprint density at radius 1 is 1.15 bits per heavy atom. The lowest BCUT2D eigenvalue weighted by Crippen LogP contribution is -2.24. The van der Waals surface area contributed by atoms with Crippen LogP contribution in [-0.2, 0) is 6.54 Å². The van der Waals surface area contributed by atoms with Gasteiger partial charge in [0.05, 0.1) is 6.10 Å². The molecule has 4 heteroatoms. The molecule has 0 aliphatic heterocycles. The first-order chi connectivity index (χ1) is 9.56. The Bertz CT molecular complexity index is 557. The Morgan fingerprint density at radius 2 is 1.80 bits per heavy atom. The molecule has 0 aliphatic carbocycles. The van der Waals surface area contributed by atoms with Crippen LogP contribution in [0.1, 0.15) is 17.2 Å². The molecule has 0 spiro atoms. The number of aliphatic hydroxyl groups excluding tert-OH is 1. The highest BCUT2D eigenvalue weighted by Gasteiger charge is 2.13. The van der Waals surface area contributed by atoms with E-state index >= 15 is 0 Å². The van der Waals surface area contributed by atoms with Crippen LogP contribution in [0.2, 0.25) is 0 Å². The first-order valence-corrected chi connectivity index (χ1v) is 6.51. The lowest BCUT2D eigenvalue weighted by Gasteiger charge is -2.21. The van der Waals surface area contributed by atoms with Gasteiger partial charge in [0.15, 0.2) is 0 Å². The van der Waals surface area contributed by atoms with Crippen LogP contribution in [0.15, 0.2) is 48.5 Å². The third-order valence-electron chi connectivity index (χ3n) is 3.21. The van der Waals surface area contributed by atoms with E-state index in [1.165, 1.54) is 12.1 Å². The fraction of sp³-hybridized carbons (Fsp3) is 0.250. The predicted molar refractivity (Wildman–Crippen MR) is 78.5 cm³/mol. The predicted octanol–water partition coefficient (Wildman–Crippen LogP) is 2.57. The summed E-state index contributed by atoms with van der Waals surface area (Å²) in [6, 6.07) is 13.7. The van der Waals surface area contributed by atoms with Crippen LogP contribution in [0, 0.1) is 5.82 Å². The van der Waals surface area contributed by atoms with Crippen molar-refractivity contribution in [3.63, 3.8) is 0 Å². The van der Waals surface area contributed by atoms with Crippen molar-refractivity contribution in [3.8, 4) is 0 Å². The topological polar surface area (TPSA) is 49.5 Å². The molecule has 0 saturated heterocycles. The maximum Gasteiger partial charge on any atom is 0.123 e. The Morgan fingerprint density at radius 3 is 2.45 bits per heavy atom. The maximum atomic E-state index is 12.8. The van der Waals surface area contributed by atoms with Crippen LogP contribution in [-0.4, -0.2) is 23.6 Å². The molecule has 1 unspecified atom stereocenters. The average Bonchev–Trinajstić information content (AvgIpc) is 2.41. The molecular formula is C16H19FN2O. The molecule has 0 heterocycles. The van der Waals surface area contributed by atoms with E-state index in [0.29, 0.717) is 18.8 Å². The van der Waals surface area contributed by atoms with Crippen LogP contribution in [0.4, 0.5) is 10.1 Å². The number of likely N-dealkylation sites (N-methyl/N-ethyl adjacent to an activating group) is 1. The Hall–Kier alpha value is -1.91. The van der Waals surface area contributed by atoms with Crippen LogP contribution < -0.4 is 5.73 Å². The molecule has 0 radical (unpaired) electrons. The first kappa shape index (κ1) is 14.5. The Balaban J connectivity index is 1.96. The van der Waals surface area contributed by atoms with Crippen molar-refractivity contribution in [2.75, 3.05) is 19.3 Å². The van der Waals surface area contributed by atoms with Gasteiger partial charge in [0.2, 0.25) is 0 Å². The number of para-hydroxylation sites is 1. The van der Waals surface area contributed by atoms with E-state index in [9.17, 15) is 9.50 Å². The van der Waals surface area contributed by atoms with Crippen LogP contribution in [0.3, 0.4) is 0 Å². The molecule has 20 heavy (non-hydrogen) atoms. The molecule has 1 atom stereocenters. The summed E-state index contributed by atoms with van der Waals surface area (Å²) in [5.41, 5.74) is 8.18. The zero-order valence-electron chi connectivity index (χ0n) is 11.5. The van der Waals surface area contributed by atoms with Crippen molar-refractivity contribution in [2.24, 2.45) is 0 Å². The minimum Gasteiger partial charge on any atom is -0.398 e. The first-order valence-electron chi connectivity index (χ1n) is 6.51.